The summed E-state index contributed by atoms with van der Waals surface area (Å²) in [7, 11) is 3.38. The molecular weight excluding hydrogens is 154 g/mol. The Balaban J connectivity index is 2.70. The van der Waals surface area contributed by atoms with Gasteiger partial charge in [-0.25, -0.2) is 0 Å². The Labute approximate surface area is 73.5 Å². The average molecular weight is 171 g/mol. The van der Waals surface area contributed by atoms with E-state index in [4.69, 9.17) is 15.2 Å². The van der Waals surface area contributed by atoms with Gasteiger partial charge >= 0.3 is 0 Å². The van der Waals surface area contributed by atoms with E-state index < -0.39 is 0 Å². The normalized spacial score (nSPS) is 36.2. The first-order valence-electron chi connectivity index (χ1n) is 4.21. The Bertz CT molecular complexity index is 179. The number of allylic oxidation sites excluding steroid dienone is 1. The Hall–Kier alpha value is -0.540. The lowest BCUT2D eigenvalue weighted by Crippen LogP contribution is -2.36. The van der Waals surface area contributed by atoms with Gasteiger partial charge in [-0.2, -0.15) is 0 Å². The second kappa shape index (κ2) is 3.92. The van der Waals surface area contributed by atoms with E-state index in [0.29, 0.717) is 5.92 Å². The molecule has 12 heavy (non-hydrogen) atoms. The molecule has 3 unspecified atom stereocenters. The second-order valence-corrected chi connectivity index (χ2v) is 3.28. The summed E-state index contributed by atoms with van der Waals surface area (Å²) in [5.41, 5.74) is 6.70. The van der Waals surface area contributed by atoms with Gasteiger partial charge in [-0.05, 0) is 18.4 Å². The zero-order chi connectivity index (χ0) is 9.14. The van der Waals surface area contributed by atoms with E-state index in [1.54, 1.807) is 14.2 Å². The number of rotatable bonds is 2. The molecule has 1 rings (SSSR count). The van der Waals surface area contributed by atoms with Crippen LogP contribution in [0, 0.1) is 5.92 Å². The molecule has 0 bridgehead atoms. The Kier molecular flexibility index (Phi) is 3.12. The average Bonchev–Trinajstić information content (AvgIpc) is 2.09. The summed E-state index contributed by atoms with van der Waals surface area (Å²) in [5.74, 6) is 0.404. The van der Waals surface area contributed by atoms with Crippen molar-refractivity contribution in [3.63, 3.8) is 0 Å². The van der Waals surface area contributed by atoms with Gasteiger partial charge in [0.1, 0.15) is 6.10 Å². The van der Waals surface area contributed by atoms with Crippen molar-refractivity contribution in [3.05, 3.63) is 11.8 Å². The fraction of sp³-hybridized carbons (Fsp3) is 0.778. The molecule has 3 atom stereocenters. The van der Waals surface area contributed by atoms with Gasteiger partial charge in [0.05, 0.1) is 6.10 Å². The quantitative estimate of drug-likeness (QED) is 0.671. The van der Waals surface area contributed by atoms with E-state index in [0.717, 1.165) is 12.1 Å². The first-order chi connectivity index (χ1) is 5.69. The molecule has 0 fully saturated rings. The molecule has 0 spiro atoms. The van der Waals surface area contributed by atoms with Crippen molar-refractivity contribution in [1.82, 2.24) is 0 Å². The molecule has 0 saturated carbocycles. The molecule has 0 radical (unpaired) electrons. The second-order valence-electron chi connectivity index (χ2n) is 3.28. The molecule has 0 aliphatic heterocycles. The molecular formula is C9H17NO2. The molecule has 1 aliphatic carbocycles. The van der Waals surface area contributed by atoms with E-state index in [2.05, 4.69) is 6.92 Å². The highest BCUT2D eigenvalue weighted by Crippen LogP contribution is 2.24. The molecule has 3 nitrogen and oxygen atoms in total. The molecule has 0 aromatic carbocycles. The van der Waals surface area contributed by atoms with E-state index >= 15 is 0 Å². The summed E-state index contributed by atoms with van der Waals surface area (Å²) in [4.78, 5) is 0. The van der Waals surface area contributed by atoms with Crippen molar-refractivity contribution >= 4 is 0 Å². The van der Waals surface area contributed by atoms with E-state index in [1.807, 2.05) is 6.08 Å². The lowest BCUT2D eigenvalue weighted by atomic mass is 9.90. The SMILES string of the molecule is COC1C=C(N)C(C)CC1OC. The Morgan fingerprint density at radius 3 is 2.58 bits per heavy atom. The maximum Gasteiger partial charge on any atom is 0.103 e. The standard InChI is InChI=1S/C9H17NO2/c1-6-4-8(11-2)9(12-3)5-7(6)10/h5-6,8-9H,4,10H2,1-3H3. The van der Waals surface area contributed by atoms with Crippen LogP contribution in [0.3, 0.4) is 0 Å². The van der Waals surface area contributed by atoms with Crippen LogP contribution < -0.4 is 5.73 Å². The molecule has 0 heterocycles. The largest absolute Gasteiger partial charge is 0.402 e. The van der Waals surface area contributed by atoms with Crippen LogP contribution in [0.5, 0.6) is 0 Å². The van der Waals surface area contributed by atoms with Gasteiger partial charge < -0.3 is 15.2 Å². The van der Waals surface area contributed by atoms with E-state index in [9.17, 15) is 0 Å². The third-order valence-corrected chi connectivity index (χ3v) is 2.45. The van der Waals surface area contributed by atoms with Gasteiger partial charge in [-0.1, -0.05) is 6.92 Å². The summed E-state index contributed by atoms with van der Waals surface area (Å²) in [6.07, 6.45) is 3.06. The fourth-order valence-corrected chi connectivity index (χ4v) is 1.53. The molecule has 2 N–H and O–H groups in total. The highest BCUT2D eigenvalue weighted by molar-refractivity contribution is 5.11. The van der Waals surface area contributed by atoms with Crippen LogP contribution in [0.25, 0.3) is 0 Å². The van der Waals surface area contributed by atoms with Gasteiger partial charge in [-0.15, -0.1) is 0 Å². The molecule has 0 amide bonds. The summed E-state index contributed by atoms with van der Waals surface area (Å²) < 4.78 is 10.5. The van der Waals surface area contributed by atoms with E-state index in [1.165, 1.54) is 0 Å². The van der Waals surface area contributed by atoms with Crippen molar-refractivity contribution < 1.29 is 9.47 Å². The number of hydrogen-bond acceptors (Lipinski definition) is 3. The lowest BCUT2D eigenvalue weighted by Gasteiger charge is -2.30. The van der Waals surface area contributed by atoms with E-state index in [-0.39, 0.29) is 12.2 Å². The Morgan fingerprint density at radius 1 is 1.42 bits per heavy atom. The lowest BCUT2D eigenvalue weighted by molar-refractivity contribution is -0.0270. The van der Waals surface area contributed by atoms with Crippen LogP contribution in [0.2, 0.25) is 0 Å². The summed E-state index contributed by atoms with van der Waals surface area (Å²) >= 11 is 0. The molecule has 70 valence electrons. The van der Waals surface area contributed by atoms with Crippen molar-refractivity contribution in [1.29, 1.82) is 0 Å². The molecule has 3 heteroatoms. The first kappa shape index (κ1) is 9.55. The Morgan fingerprint density at radius 2 is 2.08 bits per heavy atom. The molecule has 0 aromatic rings. The minimum Gasteiger partial charge on any atom is -0.402 e. The van der Waals surface area contributed by atoms with Gasteiger partial charge in [0.15, 0.2) is 0 Å². The van der Waals surface area contributed by atoms with Crippen LogP contribution in [0.4, 0.5) is 0 Å². The van der Waals surface area contributed by atoms with Crippen molar-refractivity contribution in [2.24, 2.45) is 11.7 Å². The van der Waals surface area contributed by atoms with Crippen molar-refractivity contribution in [3.8, 4) is 0 Å². The van der Waals surface area contributed by atoms with Crippen molar-refractivity contribution in [2.75, 3.05) is 14.2 Å². The summed E-state index contributed by atoms with van der Waals surface area (Å²) in [5, 5.41) is 0. The highest BCUT2D eigenvalue weighted by Gasteiger charge is 2.27. The maximum absolute atomic E-state index is 5.79. The monoisotopic (exact) mass is 171 g/mol. The van der Waals surface area contributed by atoms with Crippen LogP contribution >= 0.6 is 0 Å². The first-order valence-corrected chi connectivity index (χ1v) is 4.21. The van der Waals surface area contributed by atoms with Crippen LogP contribution in [0.1, 0.15) is 13.3 Å². The smallest absolute Gasteiger partial charge is 0.103 e. The van der Waals surface area contributed by atoms with Crippen LogP contribution in [-0.2, 0) is 9.47 Å². The molecule has 0 aromatic heterocycles. The molecule has 1 aliphatic rings. The van der Waals surface area contributed by atoms with Crippen LogP contribution in [-0.4, -0.2) is 26.4 Å². The minimum atomic E-state index is 0.0196. The predicted molar refractivity (Wildman–Crippen MR) is 47.6 cm³/mol. The third-order valence-electron chi connectivity index (χ3n) is 2.45. The fourth-order valence-electron chi connectivity index (χ4n) is 1.53. The van der Waals surface area contributed by atoms with Crippen molar-refractivity contribution in [2.45, 2.75) is 25.6 Å². The van der Waals surface area contributed by atoms with Gasteiger partial charge in [0.25, 0.3) is 0 Å². The summed E-state index contributed by atoms with van der Waals surface area (Å²) in [6.45, 7) is 2.10. The van der Waals surface area contributed by atoms with Gasteiger partial charge in [0, 0.05) is 19.9 Å². The minimum absolute atomic E-state index is 0.0196. The van der Waals surface area contributed by atoms with Gasteiger partial charge in [0.2, 0.25) is 0 Å². The number of ether oxygens (including phenoxy) is 2. The zero-order valence-electron chi connectivity index (χ0n) is 7.91. The third kappa shape index (κ3) is 1.79. The topological polar surface area (TPSA) is 44.5 Å². The molecule has 0 saturated heterocycles. The number of hydrogen-bond donors (Lipinski definition) is 1. The zero-order valence-corrected chi connectivity index (χ0v) is 7.91. The predicted octanol–water partition coefficient (Wildman–Crippen LogP) is 0.899. The van der Waals surface area contributed by atoms with Crippen LogP contribution in [0.15, 0.2) is 11.8 Å². The highest BCUT2D eigenvalue weighted by atomic mass is 16.5. The number of nitrogens with two attached hydrogens (primary N) is 1. The number of methoxy groups -OCH3 is 2. The maximum atomic E-state index is 5.79. The van der Waals surface area contributed by atoms with Gasteiger partial charge in [-0.3, -0.25) is 0 Å². The summed E-state index contributed by atoms with van der Waals surface area (Å²) in [6, 6.07) is 0.